The van der Waals surface area contributed by atoms with Crippen LogP contribution in [0, 0.1) is 5.92 Å². The zero-order valence-electron chi connectivity index (χ0n) is 7.80. The molecule has 0 saturated carbocycles. The van der Waals surface area contributed by atoms with E-state index in [0.717, 1.165) is 19.0 Å². The molecule has 0 aromatic carbocycles. The van der Waals surface area contributed by atoms with Crippen molar-refractivity contribution in [3.63, 3.8) is 0 Å². The van der Waals surface area contributed by atoms with E-state index in [1.165, 1.54) is 12.0 Å². The molecule has 0 amide bonds. The van der Waals surface area contributed by atoms with Crippen molar-refractivity contribution in [3.05, 3.63) is 18.0 Å². The van der Waals surface area contributed by atoms with E-state index < -0.39 is 0 Å². The summed E-state index contributed by atoms with van der Waals surface area (Å²) in [6.07, 6.45) is 5.01. The summed E-state index contributed by atoms with van der Waals surface area (Å²) in [7, 11) is 0. The minimum Gasteiger partial charge on any atom is -0.312 e. The van der Waals surface area contributed by atoms with Gasteiger partial charge in [0, 0.05) is 18.3 Å². The first-order valence-corrected chi connectivity index (χ1v) is 4.51. The fourth-order valence-corrected chi connectivity index (χ4v) is 0.982. The lowest BCUT2D eigenvalue weighted by molar-refractivity contribution is 0.500. The maximum absolute atomic E-state index is 3.88. The Morgan fingerprint density at radius 1 is 1.67 bits per heavy atom. The van der Waals surface area contributed by atoms with Gasteiger partial charge in [-0.3, -0.25) is 5.10 Å². The molecule has 0 bridgehead atoms. The van der Waals surface area contributed by atoms with Gasteiger partial charge in [0.1, 0.15) is 0 Å². The maximum Gasteiger partial charge on any atom is 0.0532 e. The van der Waals surface area contributed by atoms with Crippen LogP contribution in [0.2, 0.25) is 0 Å². The summed E-state index contributed by atoms with van der Waals surface area (Å²) in [5.74, 6) is 0.761. The summed E-state index contributed by atoms with van der Waals surface area (Å²) in [5.41, 5.74) is 1.22. The van der Waals surface area contributed by atoms with Gasteiger partial charge >= 0.3 is 0 Å². The SMILES string of the molecule is CCC(C)CNCc1cn[nH]c1. The molecule has 2 N–H and O–H groups in total. The topological polar surface area (TPSA) is 40.7 Å². The molecule has 12 heavy (non-hydrogen) atoms. The summed E-state index contributed by atoms with van der Waals surface area (Å²) in [5, 5.41) is 10.0. The fourth-order valence-electron chi connectivity index (χ4n) is 0.982. The van der Waals surface area contributed by atoms with Crippen LogP contribution in [0.25, 0.3) is 0 Å². The largest absolute Gasteiger partial charge is 0.312 e. The van der Waals surface area contributed by atoms with E-state index in [2.05, 4.69) is 29.4 Å². The molecule has 1 rings (SSSR count). The fraction of sp³-hybridized carbons (Fsp3) is 0.667. The quantitative estimate of drug-likeness (QED) is 0.698. The Kier molecular flexibility index (Phi) is 3.80. The maximum atomic E-state index is 3.88. The smallest absolute Gasteiger partial charge is 0.0532 e. The van der Waals surface area contributed by atoms with Gasteiger partial charge in [-0.05, 0) is 12.5 Å². The van der Waals surface area contributed by atoms with E-state index in [0.29, 0.717) is 0 Å². The summed E-state index contributed by atoms with van der Waals surface area (Å²) in [6, 6.07) is 0. The van der Waals surface area contributed by atoms with E-state index >= 15 is 0 Å². The Morgan fingerprint density at radius 3 is 3.08 bits per heavy atom. The van der Waals surface area contributed by atoms with Gasteiger partial charge in [0.15, 0.2) is 0 Å². The highest BCUT2D eigenvalue weighted by molar-refractivity contribution is 5.01. The molecule has 0 spiro atoms. The van der Waals surface area contributed by atoms with Crippen molar-refractivity contribution in [2.75, 3.05) is 6.54 Å². The Hall–Kier alpha value is -0.830. The van der Waals surface area contributed by atoms with Crippen LogP contribution >= 0.6 is 0 Å². The Labute approximate surface area is 73.6 Å². The zero-order valence-corrected chi connectivity index (χ0v) is 7.80. The van der Waals surface area contributed by atoms with Gasteiger partial charge in [-0.1, -0.05) is 20.3 Å². The minimum atomic E-state index is 0.761. The molecule has 0 radical (unpaired) electrons. The van der Waals surface area contributed by atoms with Gasteiger partial charge in [0.2, 0.25) is 0 Å². The second kappa shape index (κ2) is 4.93. The molecule has 1 unspecified atom stereocenters. The molecule has 0 aliphatic carbocycles. The van der Waals surface area contributed by atoms with Crippen LogP contribution in [-0.2, 0) is 6.54 Å². The molecule has 0 saturated heterocycles. The van der Waals surface area contributed by atoms with Gasteiger partial charge in [-0.2, -0.15) is 5.10 Å². The number of rotatable bonds is 5. The second-order valence-electron chi connectivity index (χ2n) is 3.25. The summed E-state index contributed by atoms with van der Waals surface area (Å²) in [6.45, 7) is 6.47. The highest BCUT2D eigenvalue weighted by Gasteiger charge is 1.97. The van der Waals surface area contributed by atoms with Crippen molar-refractivity contribution < 1.29 is 0 Å². The van der Waals surface area contributed by atoms with Crippen LogP contribution in [0.3, 0.4) is 0 Å². The van der Waals surface area contributed by atoms with Gasteiger partial charge in [0.05, 0.1) is 6.20 Å². The number of aromatic amines is 1. The minimum absolute atomic E-state index is 0.761. The molecule has 1 heterocycles. The van der Waals surface area contributed by atoms with Crippen molar-refractivity contribution >= 4 is 0 Å². The highest BCUT2D eigenvalue weighted by atomic mass is 15.1. The van der Waals surface area contributed by atoms with Crippen molar-refractivity contribution in [2.24, 2.45) is 5.92 Å². The number of aromatic nitrogens is 2. The van der Waals surface area contributed by atoms with E-state index in [4.69, 9.17) is 0 Å². The Balaban J connectivity index is 2.11. The lowest BCUT2D eigenvalue weighted by atomic mass is 10.1. The van der Waals surface area contributed by atoms with E-state index in [9.17, 15) is 0 Å². The van der Waals surface area contributed by atoms with Crippen LogP contribution < -0.4 is 5.32 Å². The monoisotopic (exact) mass is 167 g/mol. The number of hydrogen-bond acceptors (Lipinski definition) is 2. The summed E-state index contributed by atoms with van der Waals surface area (Å²) in [4.78, 5) is 0. The van der Waals surface area contributed by atoms with Crippen LogP contribution in [0.15, 0.2) is 12.4 Å². The third-order valence-electron chi connectivity index (χ3n) is 2.07. The Bertz CT molecular complexity index is 194. The first-order valence-electron chi connectivity index (χ1n) is 4.51. The second-order valence-corrected chi connectivity index (χ2v) is 3.25. The van der Waals surface area contributed by atoms with Gasteiger partial charge in [0.25, 0.3) is 0 Å². The van der Waals surface area contributed by atoms with Crippen LogP contribution in [0.5, 0.6) is 0 Å². The highest BCUT2D eigenvalue weighted by Crippen LogP contribution is 1.98. The van der Waals surface area contributed by atoms with Crippen molar-refractivity contribution in [1.29, 1.82) is 0 Å². The van der Waals surface area contributed by atoms with E-state index in [-0.39, 0.29) is 0 Å². The molecule has 0 aliphatic rings. The molecule has 1 atom stereocenters. The number of hydrogen-bond donors (Lipinski definition) is 2. The molecule has 3 nitrogen and oxygen atoms in total. The molecule has 68 valence electrons. The Morgan fingerprint density at radius 2 is 2.50 bits per heavy atom. The first-order chi connectivity index (χ1) is 5.83. The number of nitrogens with zero attached hydrogens (tertiary/aromatic N) is 1. The molecular weight excluding hydrogens is 150 g/mol. The normalized spacial score (nSPS) is 13.2. The molecule has 3 heteroatoms. The van der Waals surface area contributed by atoms with E-state index in [1.807, 2.05) is 12.4 Å². The van der Waals surface area contributed by atoms with E-state index in [1.54, 1.807) is 0 Å². The van der Waals surface area contributed by atoms with Crippen molar-refractivity contribution in [2.45, 2.75) is 26.8 Å². The molecule has 0 aliphatic heterocycles. The predicted octanol–water partition coefficient (Wildman–Crippen LogP) is 1.55. The lowest BCUT2D eigenvalue weighted by Gasteiger charge is -2.08. The number of H-pyrrole nitrogens is 1. The predicted molar refractivity (Wildman–Crippen MR) is 49.7 cm³/mol. The summed E-state index contributed by atoms with van der Waals surface area (Å²) >= 11 is 0. The van der Waals surface area contributed by atoms with Crippen molar-refractivity contribution in [1.82, 2.24) is 15.5 Å². The zero-order chi connectivity index (χ0) is 8.81. The first kappa shape index (κ1) is 9.26. The standard InChI is InChI=1S/C9H17N3/c1-3-8(2)4-10-5-9-6-11-12-7-9/h6-8,10H,3-5H2,1-2H3,(H,11,12). The molecular formula is C9H17N3. The van der Waals surface area contributed by atoms with Gasteiger partial charge < -0.3 is 5.32 Å². The van der Waals surface area contributed by atoms with Crippen LogP contribution in [0.1, 0.15) is 25.8 Å². The third kappa shape index (κ3) is 3.05. The lowest BCUT2D eigenvalue weighted by Crippen LogP contribution is -2.19. The average molecular weight is 167 g/mol. The third-order valence-corrected chi connectivity index (χ3v) is 2.07. The van der Waals surface area contributed by atoms with Crippen molar-refractivity contribution in [3.8, 4) is 0 Å². The molecule has 0 fully saturated rings. The van der Waals surface area contributed by atoms with Gasteiger partial charge in [-0.25, -0.2) is 0 Å². The molecule has 1 aromatic heterocycles. The summed E-state index contributed by atoms with van der Waals surface area (Å²) < 4.78 is 0. The van der Waals surface area contributed by atoms with Crippen LogP contribution in [0.4, 0.5) is 0 Å². The molecule has 1 aromatic rings. The van der Waals surface area contributed by atoms with Crippen LogP contribution in [-0.4, -0.2) is 16.7 Å². The number of nitrogens with one attached hydrogen (secondary N) is 2. The van der Waals surface area contributed by atoms with Gasteiger partial charge in [-0.15, -0.1) is 0 Å². The average Bonchev–Trinajstić information content (AvgIpc) is 2.57.